The van der Waals surface area contributed by atoms with Crippen molar-refractivity contribution >= 4 is 41.7 Å². The van der Waals surface area contributed by atoms with E-state index in [1.54, 1.807) is 18.9 Å². The van der Waals surface area contributed by atoms with Crippen molar-refractivity contribution in [3.05, 3.63) is 0 Å². The number of halogens is 1. The third kappa shape index (κ3) is 7.01. The molecule has 18 heavy (non-hydrogen) atoms. The van der Waals surface area contributed by atoms with Crippen LogP contribution >= 0.6 is 35.7 Å². The van der Waals surface area contributed by atoms with Gasteiger partial charge in [-0.2, -0.15) is 11.8 Å². The zero-order valence-electron chi connectivity index (χ0n) is 11.1. The van der Waals surface area contributed by atoms with Crippen LogP contribution in [0.1, 0.15) is 13.3 Å². The van der Waals surface area contributed by atoms with Gasteiger partial charge in [-0.25, -0.2) is 0 Å². The van der Waals surface area contributed by atoms with Crippen molar-refractivity contribution in [2.24, 2.45) is 4.99 Å². The van der Waals surface area contributed by atoms with Crippen LogP contribution in [0.15, 0.2) is 4.99 Å². The van der Waals surface area contributed by atoms with Crippen molar-refractivity contribution in [3.8, 4) is 0 Å². The van der Waals surface area contributed by atoms with Crippen LogP contribution < -0.4 is 10.6 Å². The van der Waals surface area contributed by atoms with Crippen LogP contribution in [0.2, 0.25) is 0 Å². The first-order valence-electron chi connectivity index (χ1n) is 6.01. The van der Waals surface area contributed by atoms with E-state index in [-0.39, 0.29) is 24.0 Å². The van der Waals surface area contributed by atoms with E-state index < -0.39 is 5.60 Å². The first-order chi connectivity index (χ1) is 8.20. The highest BCUT2D eigenvalue weighted by Gasteiger charge is 2.31. The van der Waals surface area contributed by atoms with Gasteiger partial charge in [-0.1, -0.05) is 0 Å². The number of nitrogens with zero attached hydrogens (tertiary/aromatic N) is 1. The fourth-order valence-electron chi connectivity index (χ4n) is 1.56. The van der Waals surface area contributed by atoms with E-state index in [4.69, 9.17) is 4.74 Å². The molecule has 5 nitrogen and oxygen atoms in total. The van der Waals surface area contributed by atoms with Gasteiger partial charge in [0, 0.05) is 26.0 Å². The Kier molecular flexibility index (Phi) is 10.3. The molecule has 108 valence electrons. The summed E-state index contributed by atoms with van der Waals surface area (Å²) < 4.78 is 4.97. The number of aliphatic imine (C=N–C) groups is 1. The Bertz CT molecular complexity index is 248. The lowest BCUT2D eigenvalue weighted by Crippen LogP contribution is -2.41. The Morgan fingerprint density at radius 1 is 1.50 bits per heavy atom. The standard InChI is InChI=1S/C11H23N3O2S.HI/c1-3-12-10(13-5-6-16-2)14-8-11(15)4-7-17-9-11;/h15H,3-9H2,1-2H3,(H2,12,13,14);1H. The van der Waals surface area contributed by atoms with Crippen molar-refractivity contribution < 1.29 is 9.84 Å². The van der Waals surface area contributed by atoms with Crippen LogP contribution in [0.4, 0.5) is 0 Å². The second-order valence-corrected chi connectivity index (χ2v) is 5.25. The number of hydrogen-bond acceptors (Lipinski definition) is 4. The fraction of sp³-hybridized carbons (Fsp3) is 0.909. The first kappa shape index (κ1) is 18.3. The average molecular weight is 389 g/mol. The minimum Gasteiger partial charge on any atom is -0.387 e. The third-order valence-corrected chi connectivity index (χ3v) is 3.79. The van der Waals surface area contributed by atoms with E-state index in [1.165, 1.54) is 0 Å². The van der Waals surface area contributed by atoms with Gasteiger partial charge in [0.15, 0.2) is 5.96 Å². The van der Waals surface area contributed by atoms with Crippen molar-refractivity contribution in [3.63, 3.8) is 0 Å². The summed E-state index contributed by atoms with van der Waals surface area (Å²) in [6, 6.07) is 0. The summed E-state index contributed by atoms with van der Waals surface area (Å²) in [6.45, 7) is 4.65. The molecule has 1 aliphatic heterocycles. The van der Waals surface area contributed by atoms with E-state index >= 15 is 0 Å². The predicted octanol–water partition coefficient (Wildman–Crippen LogP) is 0.674. The third-order valence-electron chi connectivity index (χ3n) is 2.56. The molecule has 1 heterocycles. The van der Waals surface area contributed by atoms with Crippen LogP contribution in [0.25, 0.3) is 0 Å². The zero-order valence-corrected chi connectivity index (χ0v) is 14.2. The fourth-order valence-corrected chi connectivity index (χ4v) is 2.84. The minimum absolute atomic E-state index is 0. The second-order valence-electron chi connectivity index (χ2n) is 4.14. The van der Waals surface area contributed by atoms with Crippen molar-refractivity contribution in [1.29, 1.82) is 0 Å². The van der Waals surface area contributed by atoms with Gasteiger partial charge >= 0.3 is 0 Å². The lowest BCUT2D eigenvalue weighted by Gasteiger charge is -2.19. The molecule has 0 radical (unpaired) electrons. The number of aliphatic hydroxyl groups is 1. The summed E-state index contributed by atoms with van der Waals surface area (Å²) >= 11 is 1.79. The van der Waals surface area contributed by atoms with Crippen LogP contribution in [0.5, 0.6) is 0 Å². The summed E-state index contributed by atoms with van der Waals surface area (Å²) in [5.41, 5.74) is -0.617. The lowest BCUT2D eigenvalue weighted by molar-refractivity contribution is 0.0778. The molecular weight excluding hydrogens is 365 g/mol. The molecule has 0 saturated carbocycles. The van der Waals surface area contributed by atoms with E-state index in [2.05, 4.69) is 15.6 Å². The van der Waals surface area contributed by atoms with Crippen LogP contribution in [-0.2, 0) is 4.74 Å². The van der Waals surface area contributed by atoms with Gasteiger partial charge in [-0.3, -0.25) is 4.99 Å². The van der Waals surface area contributed by atoms with Crippen LogP contribution in [-0.4, -0.2) is 61.5 Å². The maximum atomic E-state index is 10.2. The predicted molar refractivity (Wildman–Crippen MR) is 88.2 cm³/mol. The number of guanidine groups is 1. The van der Waals surface area contributed by atoms with Crippen LogP contribution in [0.3, 0.4) is 0 Å². The van der Waals surface area contributed by atoms with Gasteiger partial charge in [0.2, 0.25) is 0 Å². The summed E-state index contributed by atoms with van der Waals surface area (Å²) in [7, 11) is 1.67. The SMILES string of the molecule is CCNC(=NCC1(O)CCSC1)NCCOC.I. The quantitative estimate of drug-likeness (QED) is 0.270. The van der Waals surface area contributed by atoms with Crippen molar-refractivity contribution in [2.45, 2.75) is 18.9 Å². The first-order valence-corrected chi connectivity index (χ1v) is 7.17. The molecule has 0 aromatic rings. The second kappa shape index (κ2) is 10.1. The Labute approximate surface area is 131 Å². The molecule has 7 heteroatoms. The summed E-state index contributed by atoms with van der Waals surface area (Å²) in [4.78, 5) is 4.41. The van der Waals surface area contributed by atoms with Gasteiger partial charge in [-0.15, -0.1) is 24.0 Å². The summed E-state index contributed by atoms with van der Waals surface area (Å²) in [5, 5.41) is 16.5. The molecule has 1 rings (SSSR count). The lowest BCUT2D eigenvalue weighted by atomic mass is 10.1. The summed E-state index contributed by atoms with van der Waals surface area (Å²) in [6.07, 6.45) is 0.832. The Morgan fingerprint density at radius 2 is 2.28 bits per heavy atom. The van der Waals surface area contributed by atoms with Crippen LogP contribution in [0, 0.1) is 0 Å². The number of ether oxygens (including phenoxy) is 1. The number of hydrogen-bond donors (Lipinski definition) is 3. The monoisotopic (exact) mass is 389 g/mol. The molecule has 0 amide bonds. The molecule has 0 bridgehead atoms. The molecule has 1 saturated heterocycles. The molecule has 1 aliphatic rings. The van der Waals surface area contributed by atoms with Gasteiger partial charge in [0.25, 0.3) is 0 Å². The van der Waals surface area contributed by atoms with Gasteiger partial charge in [0.1, 0.15) is 0 Å². The van der Waals surface area contributed by atoms with E-state index in [9.17, 15) is 5.11 Å². The normalized spacial score (nSPS) is 23.6. The van der Waals surface area contributed by atoms with E-state index in [0.717, 1.165) is 37.0 Å². The molecule has 1 atom stereocenters. The molecular formula is C11H24IN3O2S. The molecule has 0 aromatic carbocycles. The van der Waals surface area contributed by atoms with E-state index in [0.29, 0.717) is 13.2 Å². The Hall–Kier alpha value is 0.270. The number of rotatable bonds is 6. The minimum atomic E-state index is -0.617. The highest BCUT2D eigenvalue weighted by Crippen LogP contribution is 2.27. The number of nitrogens with one attached hydrogen (secondary N) is 2. The van der Waals surface area contributed by atoms with Crippen molar-refractivity contribution in [1.82, 2.24) is 10.6 Å². The highest BCUT2D eigenvalue weighted by molar-refractivity contribution is 14.0. The molecule has 0 spiro atoms. The highest BCUT2D eigenvalue weighted by atomic mass is 127. The number of thioether (sulfide) groups is 1. The maximum absolute atomic E-state index is 10.2. The van der Waals surface area contributed by atoms with Gasteiger partial charge in [0.05, 0.1) is 18.8 Å². The average Bonchev–Trinajstić information content (AvgIpc) is 2.74. The zero-order chi connectivity index (χ0) is 12.6. The number of methoxy groups -OCH3 is 1. The maximum Gasteiger partial charge on any atom is 0.191 e. The van der Waals surface area contributed by atoms with Gasteiger partial charge in [-0.05, 0) is 19.1 Å². The molecule has 1 unspecified atom stereocenters. The summed E-state index contributed by atoms with van der Waals surface area (Å²) in [5.74, 6) is 2.56. The smallest absolute Gasteiger partial charge is 0.191 e. The molecule has 3 N–H and O–H groups in total. The van der Waals surface area contributed by atoms with Crippen molar-refractivity contribution in [2.75, 3.05) is 44.9 Å². The Morgan fingerprint density at radius 3 is 2.83 bits per heavy atom. The Balaban J connectivity index is 0.00000289. The molecule has 0 aliphatic carbocycles. The van der Waals surface area contributed by atoms with Gasteiger partial charge < -0.3 is 20.5 Å². The largest absolute Gasteiger partial charge is 0.387 e. The van der Waals surface area contributed by atoms with E-state index in [1.807, 2.05) is 6.92 Å². The topological polar surface area (TPSA) is 65.9 Å². The molecule has 0 aromatic heterocycles. The molecule has 1 fully saturated rings.